The molecule has 0 nitrogen and oxygen atoms in total. The number of rotatable bonds is 2. The lowest BCUT2D eigenvalue weighted by Gasteiger charge is -2.15. The van der Waals surface area contributed by atoms with Crippen LogP contribution in [0.25, 0.3) is 10.8 Å². The van der Waals surface area contributed by atoms with Gasteiger partial charge >= 0.3 is 0 Å². The Morgan fingerprint density at radius 3 is 2.38 bits per heavy atom. The molecule has 0 radical (unpaired) electrons. The monoisotopic (exact) mass is 382 g/mol. The minimum Gasteiger partial charge on any atom is -0.206 e. The zero-order chi connectivity index (χ0) is 15.0. The highest BCUT2D eigenvalue weighted by molar-refractivity contribution is 9.10. The SMILES string of the molecule is Fc1ccc(C(Cl)c2cc(Br)ccc2Cl)c2ccccc12. The average Bonchev–Trinajstić information content (AvgIpc) is 2.50. The van der Waals surface area contributed by atoms with E-state index in [9.17, 15) is 4.39 Å². The van der Waals surface area contributed by atoms with E-state index in [1.807, 2.05) is 30.3 Å². The van der Waals surface area contributed by atoms with Crippen molar-refractivity contribution in [1.82, 2.24) is 0 Å². The zero-order valence-electron chi connectivity index (χ0n) is 10.8. The first-order valence-corrected chi connectivity index (χ1v) is 7.95. The second kappa shape index (κ2) is 5.96. The molecule has 0 heterocycles. The summed E-state index contributed by atoms with van der Waals surface area (Å²) in [6.45, 7) is 0. The Bertz CT molecular complexity index is 817. The molecule has 0 aliphatic carbocycles. The van der Waals surface area contributed by atoms with Gasteiger partial charge in [-0.25, -0.2) is 4.39 Å². The van der Waals surface area contributed by atoms with Gasteiger partial charge in [-0.2, -0.15) is 0 Å². The van der Waals surface area contributed by atoms with E-state index in [0.717, 1.165) is 21.0 Å². The van der Waals surface area contributed by atoms with E-state index in [4.69, 9.17) is 23.2 Å². The molecule has 0 amide bonds. The summed E-state index contributed by atoms with van der Waals surface area (Å²) in [5, 5.41) is 1.51. The highest BCUT2D eigenvalue weighted by atomic mass is 79.9. The molecule has 0 saturated heterocycles. The molecule has 3 aromatic rings. The normalized spacial score (nSPS) is 12.6. The molecular formula is C17H10BrCl2F. The smallest absolute Gasteiger partial charge is 0.131 e. The molecule has 1 unspecified atom stereocenters. The molecule has 3 aromatic carbocycles. The molecule has 0 fully saturated rings. The number of fused-ring (bicyclic) bond motifs is 1. The quantitative estimate of drug-likeness (QED) is 0.430. The Kier molecular flexibility index (Phi) is 4.21. The first kappa shape index (κ1) is 14.8. The Balaban J connectivity index is 2.20. The van der Waals surface area contributed by atoms with Crippen molar-refractivity contribution in [2.24, 2.45) is 0 Å². The maximum atomic E-state index is 13.9. The van der Waals surface area contributed by atoms with E-state index in [1.165, 1.54) is 6.07 Å². The van der Waals surface area contributed by atoms with Gasteiger partial charge < -0.3 is 0 Å². The van der Waals surface area contributed by atoms with Crippen molar-refractivity contribution in [3.05, 3.63) is 81.0 Å². The standard InChI is InChI=1S/C17H10BrCl2F/c18-10-5-7-15(19)14(9-10)17(20)13-6-8-16(21)12-4-2-1-3-11(12)13/h1-9,17H. The summed E-state index contributed by atoms with van der Waals surface area (Å²) in [5.41, 5.74) is 1.64. The molecule has 21 heavy (non-hydrogen) atoms. The predicted octanol–water partition coefficient (Wildman–Crippen LogP) is 6.72. The molecule has 0 aromatic heterocycles. The third-order valence-corrected chi connectivity index (χ3v) is 4.72. The van der Waals surface area contributed by atoms with Gasteiger partial charge in [-0.3, -0.25) is 0 Å². The van der Waals surface area contributed by atoms with Gasteiger partial charge in [-0.1, -0.05) is 57.9 Å². The number of halogens is 4. The van der Waals surface area contributed by atoms with Crippen LogP contribution in [0.3, 0.4) is 0 Å². The third kappa shape index (κ3) is 2.80. The maximum Gasteiger partial charge on any atom is 0.131 e. The van der Waals surface area contributed by atoms with Gasteiger partial charge in [0.2, 0.25) is 0 Å². The van der Waals surface area contributed by atoms with Gasteiger partial charge in [0, 0.05) is 14.9 Å². The molecule has 0 bridgehead atoms. The van der Waals surface area contributed by atoms with Crippen LogP contribution in [0.5, 0.6) is 0 Å². The van der Waals surface area contributed by atoms with Gasteiger partial charge in [0.1, 0.15) is 5.82 Å². The molecule has 0 spiro atoms. The third-order valence-electron chi connectivity index (χ3n) is 3.41. The van der Waals surface area contributed by atoms with Crippen molar-refractivity contribution in [1.29, 1.82) is 0 Å². The number of alkyl halides is 1. The van der Waals surface area contributed by atoms with Crippen LogP contribution in [0.4, 0.5) is 4.39 Å². The Morgan fingerprint density at radius 1 is 0.905 bits per heavy atom. The Morgan fingerprint density at radius 2 is 1.62 bits per heavy atom. The van der Waals surface area contributed by atoms with E-state index in [0.29, 0.717) is 10.4 Å². The van der Waals surface area contributed by atoms with Crippen LogP contribution in [-0.2, 0) is 0 Å². The van der Waals surface area contributed by atoms with E-state index >= 15 is 0 Å². The van der Waals surface area contributed by atoms with Crippen molar-refractivity contribution in [3.63, 3.8) is 0 Å². The highest BCUT2D eigenvalue weighted by Crippen LogP contribution is 2.38. The summed E-state index contributed by atoms with van der Waals surface area (Å²) in [7, 11) is 0. The summed E-state index contributed by atoms with van der Waals surface area (Å²) < 4.78 is 14.8. The predicted molar refractivity (Wildman–Crippen MR) is 90.8 cm³/mol. The lowest BCUT2D eigenvalue weighted by Crippen LogP contribution is -1.97. The molecule has 1 atom stereocenters. The molecular weight excluding hydrogens is 374 g/mol. The molecule has 4 heteroatoms. The summed E-state index contributed by atoms with van der Waals surface area (Å²) in [6, 6.07) is 16.0. The zero-order valence-corrected chi connectivity index (χ0v) is 13.9. The van der Waals surface area contributed by atoms with Crippen LogP contribution in [0.1, 0.15) is 16.5 Å². The lowest BCUT2D eigenvalue weighted by molar-refractivity contribution is 0.639. The molecule has 3 rings (SSSR count). The first-order chi connectivity index (χ1) is 10.1. The van der Waals surface area contributed by atoms with Crippen molar-refractivity contribution in [2.75, 3.05) is 0 Å². The summed E-state index contributed by atoms with van der Waals surface area (Å²) in [4.78, 5) is 0. The fourth-order valence-electron chi connectivity index (χ4n) is 2.38. The van der Waals surface area contributed by atoms with Crippen molar-refractivity contribution in [3.8, 4) is 0 Å². The van der Waals surface area contributed by atoms with Crippen LogP contribution in [-0.4, -0.2) is 0 Å². The second-order valence-corrected chi connectivity index (χ2v) is 6.47. The fourth-order valence-corrected chi connectivity index (χ4v) is 3.42. The van der Waals surface area contributed by atoms with Crippen molar-refractivity contribution >= 4 is 49.9 Å². The minimum absolute atomic E-state index is 0.251. The van der Waals surface area contributed by atoms with Gasteiger partial charge in [0.05, 0.1) is 5.38 Å². The number of hydrogen-bond acceptors (Lipinski definition) is 0. The average molecular weight is 384 g/mol. The molecule has 0 saturated carbocycles. The first-order valence-electron chi connectivity index (χ1n) is 6.34. The fraction of sp³-hybridized carbons (Fsp3) is 0.0588. The van der Waals surface area contributed by atoms with Gasteiger partial charge in [-0.05, 0) is 40.8 Å². The molecule has 0 N–H and O–H groups in total. The largest absolute Gasteiger partial charge is 0.206 e. The van der Waals surface area contributed by atoms with Crippen LogP contribution in [0.2, 0.25) is 5.02 Å². The van der Waals surface area contributed by atoms with E-state index in [-0.39, 0.29) is 5.82 Å². The van der Waals surface area contributed by atoms with Gasteiger partial charge in [0.15, 0.2) is 0 Å². The van der Waals surface area contributed by atoms with E-state index in [1.54, 1.807) is 18.2 Å². The number of benzene rings is 3. The van der Waals surface area contributed by atoms with Crippen molar-refractivity contribution in [2.45, 2.75) is 5.38 Å². The van der Waals surface area contributed by atoms with Gasteiger partial charge in [0.25, 0.3) is 0 Å². The van der Waals surface area contributed by atoms with Crippen molar-refractivity contribution < 1.29 is 4.39 Å². The van der Waals surface area contributed by atoms with Crippen LogP contribution in [0, 0.1) is 5.82 Å². The Hall–Kier alpha value is -1.09. The maximum absolute atomic E-state index is 13.9. The van der Waals surface area contributed by atoms with E-state index in [2.05, 4.69) is 15.9 Å². The van der Waals surface area contributed by atoms with E-state index < -0.39 is 5.38 Å². The number of hydrogen-bond donors (Lipinski definition) is 0. The van der Waals surface area contributed by atoms with Crippen LogP contribution < -0.4 is 0 Å². The molecule has 106 valence electrons. The van der Waals surface area contributed by atoms with Crippen LogP contribution in [0.15, 0.2) is 59.1 Å². The highest BCUT2D eigenvalue weighted by Gasteiger charge is 2.18. The summed E-state index contributed by atoms with van der Waals surface area (Å²) in [5.74, 6) is -0.251. The van der Waals surface area contributed by atoms with Gasteiger partial charge in [-0.15, -0.1) is 11.6 Å². The summed E-state index contributed by atoms with van der Waals surface area (Å²) in [6.07, 6.45) is 0. The topological polar surface area (TPSA) is 0 Å². The second-order valence-electron chi connectivity index (χ2n) is 4.71. The molecule has 0 aliphatic rings. The summed E-state index contributed by atoms with van der Waals surface area (Å²) >= 11 is 16.3. The lowest BCUT2D eigenvalue weighted by atomic mass is 9.97. The Labute approximate surface area is 140 Å². The van der Waals surface area contributed by atoms with Crippen LogP contribution >= 0.6 is 39.1 Å². The minimum atomic E-state index is -0.444. The molecule has 0 aliphatic heterocycles.